The predicted octanol–water partition coefficient (Wildman–Crippen LogP) is 3.54. The Hall–Kier alpha value is -2.04. The molecule has 1 aromatic carbocycles. The Balaban J connectivity index is 1.46. The number of nitrogens with zero attached hydrogens (tertiary/aromatic N) is 1. The normalized spacial score (nSPS) is 24.8. The lowest BCUT2D eigenvalue weighted by molar-refractivity contribution is -0.143. The van der Waals surface area contributed by atoms with E-state index in [2.05, 4.69) is 0 Å². The zero-order valence-electron chi connectivity index (χ0n) is 13.9. The minimum atomic E-state index is -0.651. The number of carboxylic acid groups (broad SMARTS) is 1. The maximum atomic E-state index is 12.2. The zero-order valence-corrected chi connectivity index (χ0v) is 13.9. The van der Waals surface area contributed by atoms with Crippen LogP contribution in [-0.2, 0) is 16.1 Å². The second-order valence-corrected chi connectivity index (χ2v) is 6.90. The van der Waals surface area contributed by atoms with E-state index < -0.39 is 5.97 Å². The average molecular weight is 331 g/mol. The van der Waals surface area contributed by atoms with Crippen LogP contribution in [0.25, 0.3) is 0 Å². The first-order valence-electron chi connectivity index (χ1n) is 8.83. The largest absolute Gasteiger partial charge is 0.481 e. The maximum absolute atomic E-state index is 12.2. The molecule has 1 saturated carbocycles. The molecule has 0 spiro atoms. The summed E-state index contributed by atoms with van der Waals surface area (Å²) in [6.07, 6.45) is 4.34. The van der Waals surface area contributed by atoms with Crippen molar-refractivity contribution in [3.05, 3.63) is 35.9 Å². The molecule has 0 bridgehead atoms. The second-order valence-electron chi connectivity index (χ2n) is 6.90. The van der Waals surface area contributed by atoms with Crippen molar-refractivity contribution in [3.8, 4) is 0 Å². The number of carboxylic acids is 1. The fourth-order valence-electron chi connectivity index (χ4n) is 4.18. The van der Waals surface area contributed by atoms with Crippen LogP contribution >= 0.6 is 0 Å². The summed E-state index contributed by atoms with van der Waals surface area (Å²) in [5.74, 6) is -0.134. The van der Waals surface area contributed by atoms with E-state index in [1.54, 1.807) is 4.90 Å². The van der Waals surface area contributed by atoms with Crippen molar-refractivity contribution in [2.45, 2.75) is 38.7 Å². The van der Waals surface area contributed by atoms with Gasteiger partial charge in [0.25, 0.3) is 0 Å². The van der Waals surface area contributed by atoms with Crippen LogP contribution in [0.15, 0.2) is 30.3 Å². The van der Waals surface area contributed by atoms with Gasteiger partial charge < -0.3 is 14.7 Å². The first-order valence-corrected chi connectivity index (χ1v) is 8.83. The molecule has 5 heteroatoms. The SMILES string of the molecule is O=C(O)C1CCCC1C1CCN(C(=O)OCc2ccccc2)CC1. The number of carbonyl (C=O) groups is 2. The second kappa shape index (κ2) is 7.69. The zero-order chi connectivity index (χ0) is 16.9. The molecular weight excluding hydrogens is 306 g/mol. The van der Waals surface area contributed by atoms with Gasteiger partial charge in [0.1, 0.15) is 6.61 Å². The van der Waals surface area contributed by atoms with E-state index in [4.69, 9.17) is 4.74 Å². The van der Waals surface area contributed by atoms with Crippen molar-refractivity contribution < 1.29 is 19.4 Å². The van der Waals surface area contributed by atoms with Crippen LogP contribution in [0.4, 0.5) is 4.79 Å². The molecule has 1 aromatic rings. The van der Waals surface area contributed by atoms with E-state index in [1.807, 2.05) is 30.3 Å². The minimum Gasteiger partial charge on any atom is -0.481 e. The number of likely N-dealkylation sites (tertiary alicyclic amines) is 1. The van der Waals surface area contributed by atoms with Gasteiger partial charge in [-0.15, -0.1) is 0 Å². The lowest BCUT2D eigenvalue weighted by atomic mass is 9.78. The topological polar surface area (TPSA) is 66.8 Å². The Morgan fingerprint density at radius 3 is 2.46 bits per heavy atom. The Bertz CT molecular complexity index is 566. The minimum absolute atomic E-state index is 0.188. The predicted molar refractivity (Wildman–Crippen MR) is 89.4 cm³/mol. The van der Waals surface area contributed by atoms with Crippen LogP contribution in [0.3, 0.4) is 0 Å². The standard InChI is InChI=1S/C19H25NO4/c21-18(22)17-8-4-7-16(17)15-9-11-20(12-10-15)19(23)24-13-14-5-2-1-3-6-14/h1-3,5-6,15-17H,4,7-13H2,(H,21,22). The van der Waals surface area contributed by atoms with Crippen molar-refractivity contribution in [2.24, 2.45) is 17.8 Å². The van der Waals surface area contributed by atoms with Crippen LogP contribution in [0.1, 0.15) is 37.7 Å². The number of ether oxygens (including phenoxy) is 1. The Kier molecular flexibility index (Phi) is 5.38. The van der Waals surface area contributed by atoms with Gasteiger partial charge in [0.2, 0.25) is 0 Å². The lowest BCUT2D eigenvalue weighted by Gasteiger charge is -2.35. The van der Waals surface area contributed by atoms with Gasteiger partial charge in [0.15, 0.2) is 0 Å². The molecule has 2 atom stereocenters. The van der Waals surface area contributed by atoms with Gasteiger partial charge in [-0.05, 0) is 43.1 Å². The van der Waals surface area contributed by atoms with Crippen LogP contribution in [0.2, 0.25) is 0 Å². The summed E-state index contributed by atoms with van der Waals surface area (Å²) in [4.78, 5) is 25.3. The first-order chi connectivity index (χ1) is 11.6. The smallest absolute Gasteiger partial charge is 0.410 e. The molecule has 1 saturated heterocycles. The van der Waals surface area contributed by atoms with Gasteiger partial charge in [-0.1, -0.05) is 36.8 Å². The summed E-state index contributed by atoms with van der Waals surface area (Å²) >= 11 is 0. The van der Waals surface area contributed by atoms with Gasteiger partial charge in [0, 0.05) is 13.1 Å². The van der Waals surface area contributed by atoms with E-state index in [0.29, 0.717) is 25.6 Å². The number of benzene rings is 1. The highest BCUT2D eigenvalue weighted by molar-refractivity contribution is 5.71. The molecule has 2 unspecified atom stereocenters. The van der Waals surface area contributed by atoms with Gasteiger partial charge in [0.05, 0.1) is 5.92 Å². The highest BCUT2D eigenvalue weighted by Gasteiger charge is 2.39. The number of rotatable bonds is 4. The molecule has 1 heterocycles. The van der Waals surface area contributed by atoms with Crippen LogP contribution in [0.5, 0.6) is 0 Å². The third kappa shape index (κ3) is 3.89. The van der Waals surface area contributed by atoms with E-state index in [9.17, 15) is 14.7 Å². The summed E-state index contributed by atoms with van der Waals surface area (Å²) in [6, 6.07) is 9.66. The molecule has 130 valence electrons. The quantitative estimate of drug-likeness (QED) is 0.916. The van der Waals surface area contributed by atoms with Crippen molar-refractivity contribution >= 4 is 12.1 Å². The molecule has 1 amide bonds. The lowest BCUT2D eigenvalue weighted by Crippen LogP contribution is -2.41. The van der Waals surface area contributed by atoms with E-state index >= 15 is 0 Å². The third-order valence-electron chi connectivity index (χ3n) is 5.50. The number of piperidine rings is 1. The van der Waals surface area contributed by atoms with Gasteiger partial charge in [-0.25, -0.2) is 4.79 Å². The highest BCUT2D eigenvalue weighted by Crippen LogP contribution is 2.41. The van der Waals surface area contributed by atoms with Gasteiger partial charge in [-0.3, -0.25) is 4.79 Å². The summed E-state index contributed by atoms with van der Waals surface area (Å²) in [6.45, 7) is 1.63. The van der Waals surface area contributed by atoms with Crippen LogP contribution in [-0.4, -0.2) is 35.2 Å². The Morgan fingerprint density at radius 1 is 1.08 bits per heavy atom. The number of carbonyl (C=O) groups excluding carboxylic acids is 1. The molecule has 2 fully saturated rings. The molecule has 24 heavy (non-hydrogen) atoms. The summed E-state index contributed by atoms with van der Waals surface area (Å²) in [5, 5.41) is 9.35. The van der Waals surface area contributed by atoms with Crippen LogP contribution in [0, 0.1) is 17.8 Å². The van der Waals surface area contributed by atoms with E-state index in [0.717, 1.165) is 37.7 Å². The fraction of sp³-hybridized carbons (Fsp3) is 0.579. The van der Waals surface area contributed by atoms with Crippen molar-refractivity contribution in [3.63, 3.8) is 0 Å². The molecule has 1 aliphatic heterocycles. The van der Waals surface area contributed by atoms with E-state index in [1.165, 1.54) is 0 Å². The van der Waals surface area contributed by atoms with Gasteiger partial charge in [-0.2, -0.15) is 0 Å². The maximum Gasteiger partial charge on any atom is 0.410 e. The monoisotopic (exact) mass is 331 g/mol. The van der Waals surface area contributed by atoms with Crippen molar-refractivity contribution in [1.29, 1.82) is 0 Å². The number of hydrogen-bond acceptors (Lipinski definition) is 3. The molecule has 0 aromatic heterocycles. The molecule has 0 radical (unpaired) electrons. The number of amides is 1. The first kappa shape index (κ1) is 16.8. The molecule has 3 rings (SSSR count). The van der Waals surface area contributed by atoms with Crippen molar-refractivity contribution in [2.75, 3.05) is 13.1 Å². The van der Waals surface area contributed by atoms with Crippen LogP contribution < -0.4 is 0 Å². The molecular formula is C19H25NO4. The highest BCUT2D eigenvalue weighted by atomic mass is 16.6. The molecule has 2 aliphatic rings. The van der Waals surface area contributed by atoms with Crippen molar-refractivity contribution in [1.82, 2.24) is 4.90 Å². The Labute approximate surface area is 142 Å². The summed E-state index contributed by atoms with van der Waals surface area (Å²) in [5.41, 5.74) is 0.982. The Morgan fingerprint density at radius 2 is 1.79 bits per heavy atom. The molecule has 1 N–H and O–H groups in total. The molecule has 5 nitrogen and oxygen atoms in total. The number of aliphatic carboxylic acids is 1. The van der Waals surface area contributed by atoms with E-state index in [-0.39, 0.29) is 17.9 Å². The fourth-order valence-corrected chi connectivity index (χ4v) is 4.18. The third-order valence-corrected chi connectivity index (χ3v) is 5.50. The molecule has 1 aliphatic carbocycles. The average Bonchev–Trinajstić information content (AvgIpc) is 3.11. The van der Waals surface area contributed by atoms with Gasteiger partial charge >= 0.3 is 12.1 Å². The number of hydrogen-bond donors (Lipinski definition) is 1. The summed E-state index contributed by atoms with van der Waals surface area (Å²) < 4.78 is 5.38. The summed E-state index contributed by atoms with van der Waals surface area (Å²) in [7, 11) is 0.